The lowest BCUT2D eigenvalue weighted by molar-refractivity contribution is 0.411. The Morgan fingerprint density at radius 1 is 0.929 bits per heavy atom. The van der Waals surface area contributed by atoms with Crippen molar-refractivity contribution >= 4 is 15.7 Å². The lowest BCUT2D eigenvalue weighted by Gasteiger charge is -2.23. The summed E-state index contributed by atoms with van der Waals surface area (Å²) in [4.78, 5) is 0.219. The second kappa shape index (κ2) is 7.36. The molecule has 0 amide bonds. The highest BCUT2D eigenvalue weighted by Gasteiger charge is 2.26. The van der Waals surface area contributed by atoms with Crippen molar-refractivity contribution in [2.75, 3.05) is 4.31 Å². The summed E-state index contributed by atoms with van der Waals surface area (Å²) in [5.74, 6) is 0.979. The maximum atomic E-state index is 13.3. The van der Waals surface area contributed by atoms with E-state index in [0.29, 0.717) is 22.9 Å². The van der Waals surface area contributed by atoms with E-state index in [1.165, 1.54) is 10.6 Å². The highest BCUT2D eigenvalue weighted by molar-refractivity contribution is 7.92. The number of furan rings is 1. The minimum atomic E-state index is -3.79. The molecule has 4 aromatic rings. The van der Waals surface area contributed by atoms with Crippen molar-refractivity contribution in [3.05, 3.63) is 90.3 Å². The fourth-order valence-corrected chi connectivity index (χ4v) is 4.25. The van der Waals surface area contributed by atoms with Crippen LogP contribution < -0.4 is 4.31 Å². The van der Waals surface area contributed by atoms with Crippen LogP contribution in [-0.4, -0.2) is 13.6 Å². The van der Waals surface area contributed by atoms with Crippen LogP contribution in [0.4, 0.5) is 5.69 Å². The van der Waals surface area contributed by atoms with Crippen molar-refractivity contribution in [1.82, 2.24) is 5.16 Å². The molecule has 4 rings (SSSR count). The molecule has 2 aromatic carbocycles. The first kappa shape index (κ1) is 18.1. The zero-order chi connectivity index (χ0) is 19.6. The number of hydrogen-bond acceptors (Lipinski definition) is 5. The van der Waals surface area contributed by atoms with Crippen LogP contribution in [0.3, 0.4) is 0 Å². The summed E-state index contributed by atoms with van der Waals surface area (Å²) in [5, 5.41) is 4.02. The summed E-state index contributed by atoms with van der Waals surface area (Å²) in [7, 11) is -3.79. The Morgan fingerprint density at radius 2 is 1.68 bits per heavy atom. The highest BCUT2D eigenvalue weighted by atomic mass is 32.2. The molecule has 0 aliphatic rings. The Morgan fingerprint density at radius 3 is 2.36 bits per heavy atom. The second-order valence-electron chi connectivity index (χ2n) is 6.32. The van der Waals surface area contributed by atoms with Gasteiger partial charge in [0.05, 0.1) is 23.4 Å². The van der Waals surface area contributed by atoms with E-state index in [0.717, 1.165) is 5.56 Å². The van der Waals surface area contributed by atoms with E-state index < -0.39 is 10.0 Å². The SMILES string of the molecule is Cc1ccc(S(=O)(=O)N(Cc2cc(-c3ccco3)on2)c2ccccc2)cc1. The summed E-state index contributed by atoms with van der Waals surface area (Å²) in [5.41, 5.74) is 2.02. The zero-order valence-electron chi connectivity index (χ0n) is 15.1. The summed E-state index contributed by atoms with van der Waals surface area (Å²) in [6.45, 7) is 1.95. The number of hydrogen-bond donors (Lipinski definition) is 0. The van der Waals surface area contributed by atoms with Gasteiger partial charge in [-0.1, -0.05) is 41.1 Å². The minimum Gasteiger partial charge on any atom is -0.461 e. The standard InChI is InChI=1S/C21H18N2O4S/c1-16-9-11-19(12-10-16)28(24,25)23(18-6-3-2-4-7-18)15-17-14-21(27-22-17)20-8-5-13-26-20/h2-14H,15H2,1H3. The molecule has 142 valence electrons. The number of rotatable bonds is 6. The number of aryl methyl sites for hydroxylation is 1. The first-order chi connectivity index (χ1) is 13.5. The fraction of sp³-hybridized carbons (Fsp3) is 0.0952. The predicted molar refractivity (Wildman–Crippen MR) is 105 cm³/mol. The molecule has 0 spiro atoms. The van der Waals surface area contributed by atoms with Crippen LogP contribution in [0.1, 0.15) is 11.3 Å². The molecule has 2 heterocycles. The van der Waals surface area contributed by atoms with Gasteiger partial charge in [0.25, 0.3) is 10.0 Å². The van der Waals surface area contributed by atoms with Crippen molar-refractivity contribution in [2.45, 2.75) is 18.4 Å². The van der Waals surface area contributed by atoms with E-state index in [1.807, 2.05) is 13.0 Å². The summed E-state index contributed by atoms with van der Waals surface area (Å²) < 4.78 is 38.6. The molecule has 0 bridgehead atoms. The average Bonchev–Trinajstić information content (AvgIpc) is 3.39. The van der Waals surface area contributed by atoms with E-state index in [2.05, 4.69) is 5.16 Å². The molecule has 28 heavy (non-hydrogen) atoms. The smallest absolute Gasteiger partial charge is 0.264 e. The number of sulfonamides is 1. The Kier molecular flexibility index (Phi) is 4.75. The largest absolute Gasteiger partial charge is 0.461 e. The van der Waals surface area contributed by atoms with Crippen LogP contribution in [0.5, 0.6) is 0 Å². The van der Waals surface area contributed by atoms with Crippen molar-refractivity contribution in [1.29, 1.82) is 0 Å². The maximum absolute atomic E-state index is 13.3. The molecule has 0 unspecified atom stereocenters. The molecule has 0 saturated carbocycles. The van der Waals surface area contributed by atoms with Gasteiger partial charge in [-0.3, -0.25) is 4.31 Å². The van der Waals surface area contributed by atoms with E-state index in [4.69, 9.17) is 8.94 Å². The summed E-state index contributed by atoms with van der Waals surface area (Å²) in [6.07, 6.45) is 1.54. The predicted octanol–water partition coefficient (Wildman–Crippen LogP) is 4.64. The van der Waals surface area contributed by atoms with Gasteiger partial charge in [-0.2, -0.15) is 0 Å². The monoisotopic (exact) mass is 394 g/mol. The molecule has 0 atom stereocenters. The fourth-order valence-electron chi connectivity index (χ4n) is 2.82. The molecular formula is C21H18N2O4S. The number of para-hydroxylation sites is 1. The molecule has 0 radical (unpaired) electrons. The van der Waals surface area contributed by atoms with E-state index in [-0.39, 0.29) is 11.4 Å². The normalized spacial score (nSPS) is 11.5. The summed E-state index contributed by atoms with van der Waals surface area (Å²) in [6, 6.07) is 20.9. The van der Waals surface area contributed by atoms with Crippen molar-refractivity contribution in [3.63, 3.8) is 0 Å². The first-order valence-electron chi connectivity index (χ1n) is 8.68. The molecule has 0 fully saturated rings. The Bertz CT molecular complexity index is 1150. The molecule has 0 aliphatic carbocycles. The number of nitrogens with zero attached hydrogens (tertiary/aromatic N) is 2. The third-order valence-corrected chi connectivity index (χ3v) is 6.07. The van der Waals surface area contributed by atoms with Gasteiger partial charge < -0.3 is 8.94 Å². The van der Waals surface area contributed by atoms with Crippen LogP contribution in [0.25, 0.3) is 11.5 Å². The van der Waals surface area contributed by atoms with Crippen LogP contribution in [0.2, 0.25) is 0 Å². The number of aromatic nitrogens is 1. The molecule has 0 saturated heterocycles. The highest BCUT2D eigenvalue weighted by Crippen LogP contribution is 2.27. The number of benzene rings is 2. The first-order valence-corrected chi connectivity index (χ1v) is 10.1. The maximum Gasteiger partial charge on any atom is 0.264 e. The average molecular weight is 394 g/mol. The van der Waals surface area contributed by atoms with Gasteiger partial charge >= 0.3 is 0 Å². The molecule has 6 nitrogen and oxygen atoms in total. The van der Waals surface area contributed by atoms with Gasteiger partial charge in [0, 0.05) is 6.07 Å². The van der Waals surface area contributed by atoms with E-state index >= 15 is 0 Å². The lowest BCUT2D eigenvalue weighted by atomic mass is 10.2. The Labute approximate surface area is 163 Å². The van der Waals surface area contributed by atoms with Crippen LogP contribution >= 0.6 is 0 Å². The molecule has 0 N–H and O–H groups in total. The van der Waals surface area contributed by atoms with Crippen LogP contribution in [0, 0.1) is 6.92 Å². The van der Waals surface area contributed by atoms with Crippen molar-refractivity contribution < 1.29 is 17.4 Å². The number of anilines is 1. The molecule has 7 heteroatoms. The molecular weight excluding hydrogens is 376 g/mol. The van der Waals surface area contributed by atoms with Crippen LogP contribution in [0.15, 0.2) is 92.9 Å². The van der Waals surface area contributed by atoms with Gasteiger partial charge in [-0.05, 0) is 43.3 Å². The lowest BCUT2D eigenvalue weighted by Crippen LogP contribution is -2.30. The van der Waals surface area contributed by atoms with Gasteiger partial charge in [-0.15, -0.1) is 0 Å². The van der Waals surface area contributed by atoms with Gasteiger partial charge in [0.1, 0.15) is 5.69 Å². The van der Waals surface area contributed by atoms with E-state index in [1.54, 1.807) is 66.7 Å². The van der Waals surface area contributed by atoms with E-state index in [9.17, 15) is 8.42 Å². The zero-order valence-corrected chi connectivity index (χ0v) is 16.0. The third-order valence-electron chi connectivity index (χ3n) is 4.28. The second-order valence-corrected chi connectivity index (χ2v) is 8.18. The van der Waals surface area contributed by atoms with Gasteiger partial charge in [-0.25, -0.2) is 8.42 Å². The topological polar surface area (TPSA) is 76.6 Å². The van der Waals surface area contributed by atoms with Gasteiger partial charge in [0.15, 0.2) is 5.76 Å². The Hall–Kier alpha value is -3.32. The third kappa shape index (κ3) is 3.57. The minimum absolute atomic E-state index is 0.0322. The van der Waals surface area contributed by atoms with Crippen LogP contribution in [-0.2, 0) is 16.6 Å². The molecule has 0 aliphatic heterocycles. The molecule has 2 aromatic heterocycles. The summed E-state index contributed by atoms with van der Waals surface area (Å²) >= 11 is 0. The van der Waals surface area contributed by atoms with Crippen molar-refractivity contribution in [2.24, 2.45) is 0 Å². The van der Waals surface area contributed by atoms with Gasteiger partial charge in [0.2, 0.25) is 5.76 Å². The Balaban J connectivity index is 1.71. The quantitative estimate of drug-likeness (QED) is 0.476. The van der Waals surface area contributed by atoms with Crippen molar-refractivity contribution in [3.8, 4) is 11.5 Å².